The number of aromatic nitrogens is 2. The number of hydrogen-bond acceptors (Lipinski definition) is 5. The third kappa shape index (κ3) is 3.99. The van der Waals surface area contributed by atoms with Crippen molar-refractivity contribution in [2.45, 2.75) is 13.3 Å². The van der Waals surface area contributed by atoms with Gasteiger partial charge in [0.25, 0.3) is 5.91 Å². The molecule has 3 heterocycles. The van der Waals surface area contributed by atoms with E-state index in [0.717, 1.165) is 25.3 Å². The number of aromatic amines is 1. The van der Waals surface area contributed by atoms with Gasteiger partial charge in [-0.1, -0.05) is 0 Å². The van der Waals surface area contributed by atoms with Gasteiger partial charge >= 0.3 is 5.97 Å². The maximum atomic E-state index is 12.4. The lowest BCUT2D eigenvalue weighted by molar-refractivity contribution is 0.0525. The van der Waals surface area contributed by atoms with Gasteiger partial charge in [0.1, 0.15) is 11.5 Å². The molecule has 1 fully saturated rings. The number of esters is 1. The van der Waals surface area contributed by atoms with Gasteiger partial charge in [-0.2, -0.15) is 0 Å². The van der Waals surface area contributed by atoms with Gasteiger partial charge in [0.05, 0.1) is 12.2 Å². The summed E-state index contributed by atoms with van der Waals surface area (Å²) in [6.07, 6.45) is 4.17. The van der Waals surface area contributed by atoms with Gasteiger partial charge in [-0.05, 0) is 37.6 Å². The standard InChI is InChI=1S/C18H22N4O3/c1-2-25-18(24)14-6-7-16(20-13-14)21-9-4-10-22(12-11-21)17(23)15-5-3-8-19-15/h3,5-8,13,19H,2,4,9-12H2,1H3. The lowest BCUT2D eigenvalue weighted by Gasteiger charge is -2.22. The van der Waals surface area contributed by atoms with E-state index < -0.39 is 0 Å². The Morgan fingerprint density at radius 1 is 1.20 bits per heavy atom. The van der Waals surface area contributed by atoms with Crippen molar-refractivity contribution in [3.8, 4) is 0 Å². The van der Waals surface area contributed by atoms with Crippen LogP contribution in [0.2, 0.25) is 0 Å². The van der Waals surface area contributed by atoms with Crippen LogP contribution in [-0.4, -0.2) is 59.5 Å². The van der Waals surface area contributed by atoms with Gasteiger partial charge < -0.3 is 19.5 Å². The number of nitrogens with zero attached hydrogens (tertiary/aromatic N) is 3. The summed E-state index contributed by atoms with van der Waals surface area (Å²) in [6.45, 7) is 5.00. The van der Waals surface area contributed by atoms with E-state index in [1.54, 1.807) is 31.5 Å². The van der Waals surface area contributed by atoms with Crippen LogP contribution in [0.25, 0.3) is 0 Å². The van der Waals surface area contributed by atoms with Crippen molar-refractivity contribution in [1.29, 1.82) is 0 Å². The normalized spacial score (nSPS) is 14.9. The largest absolute Gasteiger partial charge is 0.462 e. The first-order valence-electron chi connectivity index (χ1n) is 8.50. The SMILES string of the molecule is CCOC(=O)c1ccc(N2CCCN(C(=O)c3ccc[nH]3)CC2)nc1. The van der Waals surface area contributed by atoms with Crippen LogP contribution in [-0.2, 0) is 4.74 Å². The molecule has 7 nitrogen and oxygen atoms in total. The van der Waals surface area contributed by atoms with Crippen LogP contribution in [0.3, 0.4) is 0 Å². The summed E-state index contributed by atoms with van der Waals surface area (Å²) in [7, 11) is 0. The van der Waals surface area contributed by atoms with Gasteiger partial charge in [0.15, 0.2) is 0 Å². The molecule has 0 atom stereocenters. The van der Waals surface area contributed by atoms with Crippen LogP contribution in [0.1, 0.15) is 34.2 Å². The summed E-state index contributed by atoms with van der Waals surface area (Å²) in [6, 6.07) is 7.18. The van der Waals surface area contributed by atoms with Crippen LogP contribution in [0.4, 0.5) is 5.82 Å². The minimum absolute atomic E-state index is 0.0254. The topological polar surface area (TPSA) is 78.5 Å². The zero-order valence-corrected chi connectivity index (χ0v) is 14.3. The number of nitrogens with one attached hydrogen (secondary N) is 1. The van der Waals surface area contributed by atoms with Gasteiger partial charge in [0.2, 0.25) is 0 Å². The molecule has 132 valence electrons. The molecular weight excluding hydrogens is 320 g/mol. The highest BCUT2D eigenvalue weighted by Crippen LogP contribution is 2.16. The molecule has 2 aromatic rings. The van der Waals surface area contributed by atoms with Crippen molar-refractivity contribution in [1.82, 2.24) is 14.9 Å². The molecule has 0 aliphatic carbocycles. The fourth-order valence-corrected chi connectivity index (χ4v) is 2.89. The Kier molecular flexibility index (Phi) is 5.33. The average molecular weight is 342 g/mol. The molecule has 0 radical (unpaired) electrons. The first-order chi connectivity index (χ1) is 12.2. The molecule has 0 aromatic carbocycles. The van der Waals surface area contributed by atoms with E-state index in [1.807, 2.05) is 17.0 Å². The molecule has 1 saturated heterocycles. The Balaban J connectivity index is 1.63. The molecule has 1 aliphatic rings. The summed E-state index contributed by atoms with van der Waals surface area (Å²) in [5.41, 5.74) is 1.06. The molecule has 1 N–H and O–H groups in total. The van der Waals surface area contributed by atoms with Gasteiger partial charge in [0, 0.05) is 38.6 Å². The zero-order chi connectivity index (χ0) is 17.6. The zero-order valence-electron chi connectivity index (χ0n) is 14.3. The monoisotopic (exact) mass is 342 g/mol. The summed E-state index contributed by atoms with van der Waals surface area (Å²) >= 11 is 0. The van der Waals surface area contributed by atoms with E-state index in [1.165, 1.54) is 0 Å². The lowest BCUT2D eigenvalue weighted by atomic mass is 10.2. The third-order valence-electron chi connectivity index (χ3n) is 4.19. The molecule has 0 unspecified atom stereocenters. The minimum atomic E-state index is -0.361. The Morgan fingerprint density at radius 3 is 2.76 bits per heavy atom. The predicted molar refractivity (Wildman–Crippen MR) is 93.7 cm³/mol. The second kappa shape index (κ2) is 7.83. The van der Waals surface area contributed by atoms with Crippen molar-refractivity contribution in [2.24, 2.45) is 0 Å². The Morgan fingerprint density at radius 2 is 2.08 bits per heavy atom. The van der Waals surface area contributed by atoms with E-state index in [0.29, 0.717) is 31.0 Å². The van der Waals surface area contributed by atoms with E-state index in [-0.39, 0.29) is 11.9 Å². The summed E-state index contributed by atoms with van der Waals surface area (Å²) < 4.78 is 4.97. The molecule has 7 heteroatoms. The van der Waals surface area contributed by atoms with Gasteiger partial charge in [-0.25, -0.2) is 9.78 Å². The number of hydrogen-bond donors (Lipinski definition) is 1. The predicted octanol–water partition coefficient (Wildman–Crippen LogP) is 1.94. The Bertz CT molecular complexity index is 712. The fourth-order valence-electron chi connectivity index (χ4n) is 2.89. The van der Waals surface area contributed by atoms with Gasteiger partial charge in [-0.3, -0.25) is 4.79 Å². The molecule has 0 saturated carbocycles. The van der Waals surface area contributed by atoms with Crippen LogP contribution in [0.15, 0.2) is 36.7 Å². The van der Waals surface area contributed by atoms with Crippen molar-refractivity contribution >= 4 is 17.7 Å². The number of rotatable bonds is 4. The van der Waals surface area contributed by atoms with Crippen molar-refractivity contribution < 1.29 is 14.3 Å². The smallest absolute Gasteiger partial charge is 0.339 e. The highest BCUT2D eigenvalue weighted by molar-refractivity contribution is 5.92. The number of pyridine rings is 1. The van der Waals surface area contributed by atoms with E-state index in [2.05, 4.69) is 14.9 Å². The number of H-pyrrole nitrogens is 1. The maximum Gasteiger partial charge on any atom is 0.339 e. The number of carbonyl (C=O) groups excluding carboxylic acids is 2. The molecular formula is C18H22N4O3. The number of anilines is 1. The second-order valence-electron chi connectivity index (χ2n) is 5.84. The molecule has 1 amide bonds. The van der Waals surface area contributed by atoms with Gasteiger partial charge in [-0.15, -0.1) is 0 Å². The highest BCUT2D eigenvalue weighted by Gasteiger charge is 2.21. The summed E-state index contributed by atoms with van der Waals surface area (Å²) in [5, 5.41) is 0. The molecule has 2 aromatic heterocycles. The lowest BCUT2D eigenvalue weighted by Crippen LogP contribution is -2.35. The number of amides is 1. The highest BCUT2D eigenvalue weighted by atomic mass is 16.5. The molecule has 1 aliphatic heterocycles. The van der Waals surface area contributed by atoms with Crippen molar-refractivity contribution in [2.75, 3.05) is 37.7 Å². The van der Waals surface area contributed by atoms with Crippen LogP contribution in [0.5, 0.6) is 0 Å². The van der Waals surface area contributed by atoms with E-state index in [4.69, 9.17) is 4.74 Å². The summed E-state index contributed by atoms with van der Waals surface area (Å²) in [5.74, 6) is 0.472. The molecule has 25 heavy (non-hydrogen) atoms. The van der Waals surface area contributed by atoms with Crippen LogP contribution in [0, 0.1) is 0 Å². The third-order valence-corrected chi connectivity index (χ3v) is 4.19. The number of ether oxygens (including phenoxy) is 1. The quantitative estimate of drug-likeness (QED) is 0.859. The van der Waals surface area contributed by atoms with E-state index in [9.17, 15) is 9.59 Å². The average Bonchev–Trinajstić information content (AvgIpc) is 3.06. The molecule has 0 spiro atoms. The Hall–Kier alpha value is -2.83. The van der Waals surface area contributed by atoms with Crippen molar-refractivity contribution in [3.63, 3.8) is 0 Å². The second-order valence-corrected chi connectivity index (χ2v) is 5.84. The van der Waals surface area contributed by atoms with Crippen LogP contribution >= 0.6 is 0 Å². The molecule has 0 bridgehead atoms. The van der Waals surface area contributed by atoms with Crippen molar-refractivity contribution in [3.05, 3.63) is 47.9 Å². The molecule has 3 rings (SSSR count). The first-order valence-corrected chi connectivity index (χ1v) is 8.50. The van der Waals surface area contributed by atoms with E-state index >= 15 is 0 Å². The maximum absolute atomic E-state index is 12.4. The Labute approximate surface area is 146 Å². The first kappa shape index (κ1) is 17.0. The summed E-state index contributed by atoms with van der Waals surface area (Å²) in [4.78, 5) is 35.5. The fraction of sp³-hybridized carbons (Fsp3) is 0.389. The van der Waals surface area contributed by atoms with Crippen LogP contribution < -0.4 is 4.90 Å². The minimum Gasteiger partial charge on any atom is -0.462 e. The number of carbonyl (C=O) groups is 2.